The highest BCUT2D eigenvalue weighted by Gasteiger charge is 2.52. The summed E-state index contributed by atoms with van der Waals surface area (Å²) in [5, 5.41) is 6.11. The van der Waals surface area contributed by atoms with Crippen LogP contribution in [0.4, 0.5) is 11.6 Å². The Morgan fingerprint density at radius 2 is 2.07 bits per heavy atom. The number of anilines is 2. The molecule has 0 bridgehead atoms. The molecule has 0 saturated heterocycles. The Labute approximate surface area is 182 Å². The molecule has 6 heteroatoms. The van der Waals surface area contributed by atoms with Crippen molar-refractivity contribution in [3.63, 3.8) is 0 Å². The Hall–Kier alpha value is -2.34. The van der Waals surface area contributed by atoms with Crippen LogP contribution in [0.25, 0.3) is 5.70 Å². The lowest BCUT2D eigenvalue weighted by Crippen LogP contribution is -2.22. The van der Waals surface area contributed by atoms with Crippen LogP contribution in [-0.2, 0) is 5.41 Å². The lowest BCUT2D eigenvalue weighted by atomic mass is 9.96. The van der Waals surface area contributed by atoms with Gasteiger partial charge in [0.05, 0.1) is 11.1 Å². The molecule has 3 aliphatic rings. The number of aromatic nitrogens is 2. The van der Waals surface area contributed by atoms with E-state index in [0.29, 0.717) is 11.8 Å². The van der Waals surface area contributed by atoms with Crippen LogP contribution < -0.4 is 10.2 Å². The number of nitrogens with zero attached hydrogens (tertiary/aromatic N) is 3. The van der Waals surface area contributed by atoms with Gasteiger partial charge >= 0.3 is 0 Å². The zero-order valence-corrected chi connectivity index (χ0v) is 18.5. The Bertz CT molecular complexity index is 997. The third kappa shape index (κ3) is 3.41. The molecule has 1 spiro atoms. The van der Waals surface area contributed by atoms with Gasteiger partial charge in [0.2, 0.25) is 5.95 Å². The van der Waals surface area contributed by atoms with Crippen LogP contribution in [0.15, 0.2) is 36.0 Å². The molecule has 0 radical (unpaired) electrons. The van der Waals surface area contributed by atoms with Gasteiger partial charge in [-0.25, -0.2) is 9.97 Å². The molecule has 1 atom stereocenters. The van der Waals surface area contributed by atoms with Crippen molar-refractivity contribution in [2.24, 2.45) is 0 Å². The summed E-state index contributed by atoms with van der Waals surface area (Å²) in [6.45, 7) is 5.21. The second-order valence-electron chi connectivity index (χ2n) is 8.61. The van der Waals surface area contributed by atoms with Gasteiger partial charge in [-0.15, -0.1) is 11.8 Å². The zero-order chi connectivity index (χ0) is 20.7. The fraction of sp³-hybridized carbons (Fsp3) is 0.458. The number of carbonyl (C=O) groups excluding carboxylic acids is 1. The van der Waals surface area contributed by atoms with Gasteiger partial charge in [-0.1, -0.05) is 32.4 Å². The van der Waals surface area contributed by atoms with E-state index in [0.717, 1.165) is 54.3 Å². The number of hydrogen-bond donors (Lipinski definition) is 1. The smallest absolute Gasteiger partial charge is 0.229 e. The first-order valence-corrected chi connectivity index (χ1v) is 12.0. The van der Waals surface area contributed by atoms with Crippen molar-refractivity contribution in [1.29, 1.82) is 0 Å². The van der Waals surface area contributed by atoms with Gasteiger partial charge in [0.1, 0.15) is 0 Å². The number of nitrogens with one attached hydrogen (secondary N) is 1. The van der Waals surface area contributed by atoms with Crippen LogP contribution >= 0.6 is 11.8 Å². The molecule has 1 aliphatic carbocycles. The summed E-state index contributed by atoms with van der Waals surface area (Å²) in [7, 11) is 0. The standard InChI is InChI=1S/C24H28N4OS/c1-3-5-6-21(29)16-7-8-18-20(11-16)28(15-24(18)9-10-24)23-25-12-17(13-26-23)19-14-30-22(4-2)27-19/h7-8,11-14,22,27H,3-6,9-10,15H2,1-2H3. The van der Waals surface area contributed by atoms with E-state index in [9.17, 15) is 4.79 Å². The first-order valence-electron chi connectivity index (χ1n) is 11.0. The summed E-state index contributed by atoms with van der Waals surface area (Å²) in [5.74, 6) is 0.954. The topological polar surface area (TPSA) is 58.1 Å². The summed E-state index contributed by atoms with van der Waals surface area (Å²) in [6.07, 6.45) is 9.89. The lowest BCUT2D eigenvalue weighted by molar-refractivity contribution is 0.0980. The van der Waals surface area contributed by atoms with Gasteiger partial charge in [-0.2, -0.15) is 0 Å². The summed E-state index contributed by atoms with van der Waals surface area (Å²) >= 11 is 1.81. The van der Waals surface area contributed by atoms with Gasteiger partial charge < -0.3 is 10.2 Å². The highest BCUT2D eigenvalue weighted by Crippen LogP contribution is 2.57. The average molecular weight is 421 g/mol. The SMILES string of the molecule is CCCCC(=O)c1ccc2c(c1)N(c1ncc(C3=CSC(CC)N3)cn1)CC21CC1. The van der Waals surface area contributed by atoms with E-state index in [2.05, 4.69) is 41.6 Å². The summed E-state index contributed by atoms with van der Waals surface area (Å²) in [4.78, 5) is 24.2. The van der Waals surface area contributed by atoms with Crippen molar-refractivity contribution in [3.8, 4) is 0 Å². The lowest BCUT2D eigenvalue weighted by Gasteiger charge is -2.18. The van der Waals surface area contributed by atoms with Gasteiger partial charge in [0, 0.05) is 47.6 Å². The highest BCUT2D eigenvalue weighted by atomic mass is 32.2. The van der Waals surface area contributed by atoms with E-state index in [1.165, 1.54) is 18.4 Å². The second-order valence-corrected chi connectivity index (χ2v) is 9.68. The number of unbranched alkanes of at least 4 members (excludes halogenated alkanes) is 1. The number of rotatable bonds is 7. The predicted octanol–water partition coefficient (Wildman–Crippen LogP) is 5.40. The quantitative estimate of drug-likeness (QED) is 0.605. The number of Topliss-reactive ketones (excluding diaryl/α,β-unsaturated/α-hetero) is 1. The second kappa shape index (κ2) is 7.73. The zero-order valence-electron chi connectivity index (χ0n) is 17.6. The number of ketones is 1. The summed E-state index contributed by atoms with van der Waals surface area (Å²) in [6, 6.07) is 6.26. The average Bonchev–Trinajstić information content (AvgIpc) is 3.27. The van der Waals surface area contributed by atoms with Crippen molar-refractivity contribution >= 4 is 34.9 Å². The maximum atomic E-state index is 12.6. The van der Waals surface area contributed by atoms with E-state index in [4.69, 9.17) is 9.97 Å². The third-order valence-corrected chi connectivity index (χ3v) is 7.63. The number of benzene rings is 1. The van der Waals surface area contributed by atoms with Crippen molar-refractivity contribution < 1.29 is 4.79 Å². The normalized spacial score (nSPS) is 20.8. The van der Waals surface area contributed by atoms with Gasteiger partial charge in [-0.05, 0) is 42.7 Å². The number of thioether (sulfide) groups is 1. The molecule has 5 nitrogen and oxygen atoms in total. The van der Waals surface area contributed by atoms with Crippen LogP contribution in [0.5, 0.6) is 0 Å². The molecule has 1 fully saturated rings. The molecule has 0 amide bonds. The van der Waals surface area contributed by atoms with E-state index < -0.39 is 0 Å². The molecule has 3 heterocycles. The summed E-state index contributed by atoms with van der Waals surface area (Å²) in [5.41, 5.74) is 5.62. The minimum atomic E-state index is 0.225. The fourth-order valence-electron chi connectivity index (χ4n) is 4.43. The molecule has 1 aromatic carbocycles. The molecular formula is C24H28N4OS. The number of hydrogen-bond acceptors (Lipinski definition) is 6. The molecule has 2 aliphatic heterocycles. The van der Waals surface area contributed by atoms with E-state index in [1.54, 1.807) is 0 Å². The molecule has 1 aromatic heterocycles. The van der Waals surface area contributed by atoms with E-state index >= 15 is 0 Å². The van der Waals surface area contributed by atoms with Crippen LogP contribution in [0.1, 0.15) is 73.9 Å². The van der Waals surface area contributed by atoms with E-state index in [-0.39, 0.29) is 11.2 Å². The Morgan fingerprint density at radius 1 is 1.27 bits per heavy atom. The van der Waals surface area contributed by atoms with Crippen molar-refractivity contribution in [2.75, 3.05) is 11.4 Å². The third-order valence-electron chi connectivity index (χ3n) is 6.48. The molecule has 1 N–H and O–H groups in total. The van der Waals surface area contributed by atoms with E-state index in [1.807, 2.05) is 30.2 Å². The van der Waals surface area contributed by atoms with Crippen molar-refractivity contribution in [1.82, 2.24) is 15.3 Å². The molecule has 30 heavy (non-hydrogen) atoms. The first kappa shape index (κ1) is 19.6. The van der Waals surface area contributed by atoms with Crippen LogP contribution in [-0.4, -0.2) is 27.7 Å². The first-order chi connectivity index (χ1) is 14.6. The molecule has 1 unspecified atom stereocenters. The fourth-order valence-corrected chi connectivity index (χ4v) is 5.32. The van der Waals surface area contributed by atoms with Crippen LogP contribution in [0.3, 0.4) is 0 Å². The predicted molar refractivity (Wildman–Crippen MR) is 123 cm³/mol. The van der Waals surface area contributed by atoms with Gasteiger partial charge in [0.25, 0.3) is 0 Å². The Kier molecular flexibility index (Phi) is 5.05. The van der Waals surface area contributed by atoms with Crippen molar-refractivity contribution in [3.05, 3.63) is 52.7 Å². The maximum Gasteiger partial charge on any atom is 0.229 e. The molecule has 156 valence electrons. The number of carbonyl (C=O) groups is 1. The van der Waals surface area contributed by atoms with Crippen LogP contribution in [0, 0.1) is 0 Å². The monoisotopic (exact) mass is 420 g/mol. The van der Waals surface area contributed by atoms with Gasteiger partial charge in [-0.3, -0.25) is 4.79 Å². The minimum absolute atomic E-state index is 0.225. The number of fused-ring (bicyclic) bond motifs is 2. The Balaban J connectivity index is 1.42. The Morgan fingerprint density at radius 3 is 2.73 bits per heavy atom. The molecule has 1 saturated carbocycles. The summed E-state index contributed by atoms with van der Waals surface area (Å²) < 4.78 is 0. The van der Waals surface area contributed by atoms with Crippen molar-refractivity contribution in [2.45, 2.75) is 63.2 Å². The maximum absolute atomic E-state index is 12.6. The van der Waals surface area contributed by atoms with Gasteiger partial charge in [0.15, 0.2) is 5.78 Å². The van der Waals surface area contributed by atoms with Crippen LogP contribution in [0.2, 0.25) is 0 Å². The highest BCUT2D eigenvalue weighted by molar-refractivity contribution is 8.03. The minimum Gasteiger partial charge on any atom is -0.372 e. The molecular weight excluding hydrogens is 392 g/mol. The molecule has 5 rings (SSSR count). The largest absolute Gasteiger partial charge is 0.372 e. The molecule has 2 aromatic rings.